The quantitative estimate of drug-likeness (QED) is 0.733. The molecule has 1 aromatic carbocycles. The molecule has 0 fully saturated rings. The molecule has 0 atom stereocenters. The van der Waals surface area contributed by atoms with E-state index in [1.165, 1.54) is 10.4 Å². The topological polar surface area (TPSA) is 46.1 Å². The summed E-state index contributed by atoms with van der Waals surface area (Å²) >= 11 is 1.71. The van der Waals surface area contributed by atoms with Crippen molar-refractivity contribution in [3.8, 4) is 11.3 Å². The number of nitrogens with zero attached hydrogens (tertiary/aromatic N) is 3. The highest BCUT2D eigenvalue weighted by Crippen LogP contribution is 2.35. The number of aromatic nitrogens is 2. The molecule has 5 heteroatoms. The third kappa shape index (κ3) is 2.72. The van der Waals surface area contributed by atoms with Gasteiger partial charge in [-0.25, -0.2) is 9.97 Å². The van der Waals surface area contributed by atoms with Gasteiger partial charge < -0.3 is 4.90 Å². The molecular formula is C18H19N3OS. The van der Waals surface area contributed by atoms with Crippen LogP contribution in [0.5, 0.6) is 0 Å². The Bertz CT molecular complexity index is 866. The minimum Gasteiger partial charge on any atom is -0.345 e. The molecule has 0 aliphatic carbocycles. The molecule has 0 saturated heterocycles. The maximum absolute atomic E-state index is 12.0. The van der Waals surface area contributed by atoms with Crippen molar-refractivity contribution in [2.45, 2.75) is 20.3 Å². The number of carbonyl (C=O) groups is 1. The van der Waals surface area contributed by atoms with E-state index in [0.717, 1.165) is 27.9 Å². The van der Waals surface area contributed by atoms with Gasteiger partial charge in [0, 0.05) is 35.5 Å². The van der Waals surface area contributed by atoms with E-state index in [9.17, 15) is 4.79 Å². The lowest BCUT2D eigenvalue weighted by atomic mass is 10.0. The number of aryl methyl sites for hydroxylation is 2. The van der Waals surface area contributed by atoms with Crippen molar-refractivity contribution in [1.82, 2.24) is 14.9 Å². The summed E-state index contributed by atoms with van der Waals surface area (Å²) < 4.78 is 0. The summed E-state index contributed by atoms with van der Waals surface area (Å²) in [4.78, 5) is 24.8. The van der Waals surface area contributed by atoms with E-state index in [1.807, 2.05) is 24.3 Å². The molecule has 3 rings (SSSR count). The second kappa shape index (κ2) is 6.08. The molecular weight excluding hydrogens is 306 g/mol. The lowest BCUT2D eigenvalue weighted by molar-refractivity contribution is 0.0827. The summed E-state index contributed by atoms with van der Waals surface area (Å²) in [5.41, 5.74) is 3.95. The smallest absolute Gasteiger partial charge is 0.253 e. The first-order valence-electron chi connectivity index (χ1n) is 7.58. The molecule has 0 N–H and O–H groups in total. The number of thiophene rings is 1. The van der Waals surface area contributed by atoms with Gasteiger partial charge in [0.25, 0.3) is 5.91 Å². The predicted octanol–water partition coefficient (Wildman–Crippen LogP) is 3.93. The largest absolute Gasteiger partial charge is 0.345 e. The van der Waals surface area contributed by atoms with E-state index in [4.69, 9.17) is 0 Å². The van der Waals surface area contributed by atoms with Gasteiger partial charge in [0.2, 0.25) is 0 Å². The molecule has 0 aliphatic heterocycles. The standard InChI is InChI=1S/C18H19N3OS/c1-5-14-11(2)23-17-15(14)16(19-10-20-17)12-6-8-13(9-7-12)18(22)21(3)4/h6-10H,5H2,1-4H3. The Hall–Kier alpha value is -2.27. The lowest BCUT2D eigenvalue weighted by Crippen LogP contribution is -2.21. The summed E-state index contributed by atoms with van der Waals surface area (Å²) in [6.45, 7) is 4.29. The van der Waals surface area contributed by atoms with E-state index in [0.29, 0.717) is 5.56 Å². The van der Waals surface area contributed by atoms with Gasteiger partial charge in [-0.3, -0.25) is 4.79 Å². The zero-order valence-electron chi connectivity index (χ0n) is 13.8. The fourth-order valence-electron chi connectivity index (χ4n) is 2.77. The van der Waals surface area contributed by atoms with Crippen LogP contribution in [0.1, 0.15) is 27.7 Å². The fourth-order valence-corrected chi connectivity index (χ4v) is 3.86. The number of hydrogen-bond donors (Lipinski definition) is 0. The average molecular weight is 325 g/mol. The first kappa shape index (κ1) is 15.6. The third-order valence-corrected chi connectivity index (χ3v) is 5.01. The molecule has 3 aromatic rings. The molecule has 0 aliphatic rings. The van der Waals surface area contributed by atoms with E-state index in [1.54, 1.807) is 36.7 Å². The minimum absolute atomic E-state index is 0.00464. The van der Waals surface area contributed by atoms with Crippen molar-refractivity contribution >= 4 is 27.5 Å². The van der Waals surface area contributed by atoms with Crippen molar-refractivity contribution in [2.75, 3.05) is 14.1 Å². The van der Waals surface area contributed by atoms with Crippen LogP contribution in [0.4, 0.5) is 0 Å². The number of carbonyl (C=O) groups excluding carboxylic acids is 1. The van der Waals surface area contributed by atoms with Gasteiger partial charge in [0.05, 0.1) is 5.69 Å². The first-order valence-corrected chi connectivity index (χ1v) is 8.39. The Morgan fingerprint density at radius 1 is 1.17 bits per heavy atom. The summed E-state index contributed by atoms with van der Waals surface area (Å²) in [6.07, 6.45) is 2.58. The number of amides is 1. The average Bonchev–Trinajstić information content (AvgIpc) is 2.89. The van der Waals surface area contributed by atoms with Gasteiger partial charge in [-0.2, -0.15) is 0 Å². The van der Waals surface area contributed by atoms with Gasteiger partial charge in [-0.1, -0.05) is 19.1 Å². The number of rotatable bonds is 3. The normalized spacial score (nSPS) is 11.0. The van der Waals surface area contributed by atoms with Crippen LogP contribution in [0.25, 0.3) is 21.5 Å². The fraction of sp³-hybridized carbons (Fsp3) is 0.278. The van der Waals surface area contributed by atoms with Gasteiger partial charge >= 0.3 is 0 Å². The van der Waals surface area contributed by atoms with Gasteiger partial charge in [-0.15, -0.1) is 11.3 Å². The Balaban J connectivity index is 2.12. The van der Waals surface area contributed by atoms with Gasteiger partial charge in [-0.05, 0) is 31.0 Å². The van der Waals surface area contributed by atoms with E-state index in [-0.39, 0.29) is 5.91 Å². The molecule has 2 heterocycles. The monoisotopic (exact) mass is 325 g/mol. The van der Waals surface area contributed by atoms with Crippen LogP contribution < -0.4 is 0 Å². The van der Waals surface area contributed by atoms with Crippen LogP contribution in [0.3, 0.4) is 0 Å². The highest BCUT2D eigenvalue weighted by atomic mass is 32.1. The highest BCUT2D eigenvalue weighted by Gasteiger charge is 2.15. The zero-order valence-corrected chi connectivity index (χ0v) is 14.6. The summed E-state index contributed by atoms with van der Waals surface area (Å²) in [7, 11) is 3.51. The summed E-state index contributed by atoms with van der Waals surface area (Å²) in [5.74, 6) is 0.00464. The second-order valence-corrected chi connectivity index (χ2v) is 6.87. The lowest BCUT2D eigenvalue weighted by Gasteiger charge is -2.11. The molecule has 0 bridgehead atoms. The van der Waals surface area contributed by atoms with Crippen molar-refractivity contribution in [3.05, 3.63) is 46.6 Å². The molecule has 0 saturated carbocycles. The Morgan fingerprint density at radius 2 is 1.87 bits per heavy atom. The predicted molar refractivity (Wildman–Crippen MR) is 95.0 cm³/mol. The second-order valence-electron chi connectivity index (χ2n) is 5.67. The van der Waals surface area contributed by atoms with E-state index < -0.39 is 0 Å². The van der Waals surface area contributed by atoms with Crippen LogP contribution in [-0.2, 0) is 6.42 Å². The molecule has 1 amide bonds. The van der Waals surface area contributed by atoms with Crippen molar-refractivity contribution in [3.63, 3.8) is 0 Å². The SMILES string of the molecule is CCc1c(C)sc2ncnc(-c3ccc(C(=O)N(C)C)cc3)c12. The molecule has 0 unspecified atom stereocenters. The zero-order chi connectivity index (χ0) is 16.6. The summed E-state index contributed by atoms with van der Waals surface area (Å²) in [6, 6.07) is 7.64. The maximum Gasteiger partial charge on any atom is 0.253 e. The van der Waals surface area contributed by atoms with Crippen LogP contribution in [0.15, 0.2) is 30.6 Å². The Morgan fingerprint density at radius 3 is 2.48 bits per heavy atom. The van der Waals surface area contributed by atoms with Gasteiger partial charge in [0.1, 0.15) is 11.2 Å². The van der Waals surface area contributed by atoms with Crippen LogP contribution in [-0.4, -0.2) is 34.9 Å². The number of benzene rings is 1. The Labute approximate surface area is 139 Å². The van der Waals surface area contributed by atoms with Crippen molar-refractivity contribution < 1.29 is 4.79 Å². The summed E-state index contributed by atoms with van der Waals surface area (Å²) in [5, 5.41) is 1.14. The first-order chi connectivity index (χ1) is 11.0. The van der Waals surface area contributed by atoms with Crippen LogP contribution in [0.2, 0.25) is 0 Å². The molecule has 4 nitrogen and oxygen atoms in total. The highest BCUT2D eigenvalue weighted by molar-refractivity contribution is 7.18. The minimum atomic E-state index is 0.00464. The van der Waals surface area contributed by atoms with Crippen LogP contribution in [0, 0.1) is 6.92 Å². The maximum atomic E-state index is 12.0. The van der Waals surface area contributed by atoms with Gasteiger partial charge in [0.15, 0.2) is 0 Å². The number of hydrogen-bond acceptors (Lipinski definition) is 4. The molecule has 118 valence electrons. The van der Waals surface area contributed by atoms with E-state index >= 15 is 0 Å². The van der Waals surface area contributed by atoms with E-state index in [2.05, 4.69) is 23.8 Å². The number of fused-ring (bicyclic) bond motifs is 1. The molecule has 0 spiro atoms. The molecule has 0 radical (unpaired) electrons. The Kier molecular flexibility index (Phi) is 4.13. The van der Waals surface area contributed by atoms with Crippen molar-refractivity contribution in [2.24, 2.45) is 0 Å². The molecule has 2 aromatic heterocycles. The van der Waals surface area contributed by atoms with Crippen molar-refractivity contribution in [1.29, 1.82) is 0 Å². The third-order valence-electron chi connectivity index (χ3n) is 3.95. The molecule has 23 heavy (non-hydrogen) atoms. The van der Waals surface area contributed by atoms with Crippen LogP contribution >= 0.6 is 11.3 Å².